The molecule has 2 rings (SSSR count). The Labute approximate surface area is 90.3 Å². The highest BCUT2D eigenvalue weighted by atomic mass is 16.5. The van der Waals surface area contributed by atoms with E-state index in [0.29, 0.717) is 6.61 Å². The normalized spacial score (nSPS) is 9.93. The van der Waals surface area contributed by atoms with E-state index in [2.05, 4.69) is 6.92 Å². The third-order valence-corrected chi connectivity index (χ3v) is 2.21. The lowest BCUT2D eigenvalue weighted by Crippen LogP contribution is -1.96. The van der Waals surface area contributed by atoms with Crippen LogP contribution in [0.1, 0.15) is 11.1 Å². The largest absolute Gasteiger partial charge is 0.489 e. The Balaban J connectivity index is 2.03. The van der Waals surface area contributed by atoms with Gasteiger partial charge in [0, 0.05) is 0 Å². The molecule has 2 aromatic carbocycles. The predicted octanol–water partition coefficient (Wildman–Crippen LogP) is 3.45. The van der Waals surface area contributed by atoms with Gasteiger partial charge in [0.2, 0.25) is 0 Å². The van der Waals surface area contributed by atoms with Crippen molar-refractivity contribution in [2.75, 3.05) is 0 Å². The highest BCUT2D eigenvalue weighted by molar-refractivity contribution is 5.35. The second-order valence-electron chi connectivity index (χ2n) is 3.38. The van der Waals surface area contributed by atoms with E-state index >= 15 is 0 Å². The van der Waals surface area contributed by atoms with Crippen molar-refractivity contribution in [1.82, 2.24) is 0 Å². The maximum absolute atomic E-state index is 5.66. The van der Waals surface area contributed by atoms with Gasteiger partial charge in [-0.05, 0) is 24.1 Å². The van der Waals surface area contributed by atoms with Crippen LogP contribution in [0, 0.1) is 6.92 Å². The maximum Gasteiger partial charge on any atom is 0.123 e. The van der Waals surface area contributed by atoms with Crippen molar-refractivity contribution < 1.29 is 4.74 Å². The fourth-order valence-electron chi connectivity index (χ4n) is 1.38. The summed E-state index contributed by atoms with van der Waals surface area (Å²) in [5.74, 6) is 0.848. The maximum atomic E-state index is 5.66. The number of rotatable bonds is 3. The zero-order chi connectivity index (χ0) is 10.5. The minimum atomic E-state index is 0.591. The molecule has 0 aliphatic heterocycles. The Bertz CT molecular complexity index is 420. The van der Waals surface area contributed by atoms with Crippen LogP contribution in [0.5, 0.6) is 5.75 Å². The summed E-state index contributed by atoms with van der Waals surface area (Å²) >= 11 is 0. The van der Waals surface area contributed by atoms with Gasteiger partial charge in [0.25, 0.3) is 0 Å². The topological polar surface area (TPSA) is 9.23 Å². The number of para-hydroxylation sites is 1. The first-order chi connectivity index (χ1) is 7.36. The van der Waals surface area contributed by atoms with Gasteiger partial charge < -0.3 is 4.74 Å². The Morgan fingerprint density at radius 2 is 1.53 bits per heavy atom. The summed E-state index contributed by atoms with van der Waals surface area (Å²) in [6.07, 6.45) is 0. The van der Waals surface area contributed by atoms with Crippen LogP contribution < -0.4 is 4.74 Å². The molecule has 0 unspecified atom stereocenters. The number of hydrogen-bond donors (Lipinski definition) is 0. The Kier molecular flexibility index (Phi) is 3.03. The molecular formula is C14H13O. The number of benzene rings is 2. The summed E-state index contributed by atoms with van der Waals surface area (Å²) in [5, 5.41) is 0. The molecule has 0 fully saturated rings. The lowest BCUT2D eigenvalue weighted by Gasteiger charge is -2.08. The van der Waals surface area contributed by atoms with Crippen LogP contribution in [0.25, 0.3) is 0 Å². The van der Waals surface area contributed by atoms with Crippen LogP contribution in [-0.2, 0) is 6.61 Å². The molecule has 0 heterocycles. The van der Waals surface area contributed by atoms with Crippen molar-refractivity contribution in [2.24, 2.45) is 0 Å². The quantitative estimate of drug-likeness (QED) is 0.732. The van der Waals surface area contributed by atoms with Gasteiger partial charge in [0.15, 0.2) is 0 Å². The molecule has 2 aromatic rings. The first-order valence-corrected chi connectivity index (χ1v) is 4.94. The zero-order valence-corrected chi connectivity index (χ0v) is 8.52. The van der Waals surface area contributed by atoms with Gasteiger partial charge >= 0.3 is 0 Å². The average molecular weight is 197 g/mol. The van der Waals surface area contributed by atoms with Gasteiger partial charge in [0.1, 0.15) is 12.4 Å². The molecule has 15 heavy (non-hydrogen) atoms. The lowest BCUT2D eigenvalue weighted by molar-refractivity contribution is 0.305. The van der Waals surface area contributed by atoms with E-state index in [9.17, 15) is 0 Å². The van der Waals surface area contributed by atoms with Crippen LogP contribution in [0.4, 0.5) is 0 Å². The van der Waals surface area contributed by atoms with Gasteiger partial charge in [-0.2, -0.15) is 0 Å². The smallest absolute Gasteiger partial charge is 0.123 e. The van der Waals surface area contributed by atoms with Crippen molar-refractivity contribution in [3.8, 4) is 5.75 Å². The third kappa shape index (κ3) is 2.59. The van der Waals surface area contributed by atoms with Crippen LogP contribution in [0.2, 0.25) is 0 Å². The molecular weight excluding hydrogens is 184 g/mol. The summed E-state index contributed by atoms with van der Waals surface area (Å²) in [4.78, 5) is 0. The summed E-state index contributed by atoms with van der Waals surface area (Å²) in [7, 11) is 0. The van der Waals surface area contributed by atoms with Gasteiger partial charge in [0.05, 0.1) is 0 Å². The van der Waals surface area contributed by atoms with Crippen LogP contribution in [0.3, 0.4) is 0 Å². The van der Waals surface area contributed by atoms with Crippen molar-refractivity contribution in [3.05, 3.63) is 72.6 Å². The van der Waals surface area contributed by atoms with E-state index in [1.54, 1.807) is 0 Å². The first kappa shape index (κ1) is 9.78. The van der Waals surface area contributed by atoms with Gasteiger partial charge in [-0.15, -0.1) is 0 Å². The van der Waals surface area contributed by atoms with Gasteiger partial charge in [-0.1, -0.05) is 48.5 Å². The van der Waals surface area contributed by atoms with E-state index in [4.69, 9.17) is 4.74 Å². The van der Waals surface area contributed by atoms with Crippen molar-refractivity contribution in [2.45, 2.75) is 6.61 Å². The molecule has 0 bridgehead atoms. The second kappa shape index (κ2) is 4.65. The van der Waals surface area contributed by atoms with Crippen LogP contribution >= 0.6 is 0 Å². The van der Waals surface area contributed by atoms with Crippen molar-refractivity contribution in [3.63, 3.8) is 0 Å². The molecule has 0 spiro atoms. The molecule has 0 saturated carbocycles. The van der Waals surface area contributed by atoms with E-state index < -0.39 is 0 Å². The Morgan fingerprint density at radius 3 is 2.27 bits per heavy atom. The molecule has 0 atom stereocenters. The second-order valence-corrected chi connectivity index (χ2v) is 3.38. The Hall–Kier alpha value is -1.76. The first-order valence-electron chi connectivity index (χ1n) is 4.94. The molecule has 1 radical (unpaired) electrons. The molecule has 75 valence electrons. The van der Waals surface area contributed by atoms with Gasteiger partial charge in [-0.25, -0.2) is 0 Å². The number of ether oxygens (including phenoxy) is 1. The summed E-state index contributed by atoms with van der Waals surface area (Å²) in [6.45, 7) is 4.50. The standard InChI is InChI=1S/C14H13O/c1-12-7-5-6-10-14(12)15-11-13-8-3-2-4-9-13/h2-10H,1,11H2. The monoisotopic (exact) mass is 197 g/mol. The van der Waals surface area contributed by atoms with E-state index in [1.807, 2.05) is 54.6 Å². The van der Waals surface area contributed by atoms with Gasteiger partial charge in [-0.3, -0.25) is 0 Å². The SMILES string of the molecule is [CH2]c1ccccc1OCc1ccccc1. The zero-order valence-electron chi connectivity index (χ0n) is 8.52. The summed E-state index contributed by atoms with van der Waals surface area (Å²) in [5.41, 5.74) is 2.09. The average Bonchev–Trinajstić information content (AvgIpc) is 2.29. The van der Waals surface area contributed by atoms with Crippen molar-refractivity contribution in [1.29, 1.82) is 0 Å². The highest BCUT2D eigenvalue weighted by Crippen LogP contribution is 2.17. The summed E-state index contributed by atoms with van der Waals surface area (Å²) < 4.78 is 5.66. The van der Waals surface area contributed by atoms with Crippen LogP contribution in [0.15, 0.2) is 54.6 Å². The molecule has 0 aromatic heterocycles. The lowest BCUT2D eigenvalue weighted by atomic mass is 10.2. The van der Waals surface area contributed by atoms with E-state index in [-0.39, 0.29) is 0 Å². The third-order valence-electron chi connectivity index (χ3n) is 2.21. The minimum Gasteiger partial charge on any atom is -0.489 e. The number of hydrogen-bond acceptors (Lipinski definition) is 1. The highest BCUT2D eigenvalue weighted by Gasteiger charge is 1.97. The minimum absolute atomic E-state index is 0.591. The van der Waals surface area contributed by atoms with E-state index in [1.165, 1.54) is 5.56 Å². The molecule has 0 aliphatic carbocycles. The fraction of sp³-hybridized carbons (Fsp3) is 0.0714. The predicted molar refractivity (Wildman–Crippen MR) is 61.7 cm³/mol. The molecule has 1 nitrogen and oxygen atoms in total. The molecule has 1 heteroatoms. The molecule has 0 aliphatic rings. The van der Waals surface area contributed by atoms with E-state index in [0.717, 1.165) is 11.3 Å². The fourth-order valence-corrected chi connectivity index (χ4v) is 1.38. The summed E-state index contributed by atoms with van der Waals surface area (Å²) in [6, 6.07) is 17.9. The van der Waals surface area contributed by atoms with Crippen molar-refractivity contribution >= 4 is 0 Å². The Morgan fingerprint density at radius 1 is 0.867 bits per heavy atom. The van der Waals surface area contributed by atoms with Crippen LogP contribution in [-0.4, -0.2) is 0 Å². The molecule has 0 amide bonds. The molecule has 0 saturated heterocycles. The molecule has 0 N–H and O–H groups in total.